The van der Waals surface area contributed by atoms with Gasteiger partial charge in [0.1, 0.15) is 5.15 Å². The second-order valence-electron chi connectivity index (χ2n) is 2.60. The summed E-state index contributed by atoms with van der Waals surface area (Å²) in [6.45, 7) is 3.93. The van der Waals surface area contributed by atoms with Gasteiger partial charge in [0, 0.05) is 5.69 Å². The second kappa shape index (κ2) is 3.68. The van der Waals surface area contributed by atoms with Crippen LogP contribution in [0.15, 0.2) is 6.07 Å². The largest absolute Gasteiger partial charge is 0.298 e. The first kappa shape index (κ1) is 9.20. The molecule has 0 amide bonds. The molecule has 1 heterocycles. The van der Waals surface area contributed by atoms with Crippen LogP contribution >= 0.6 is 11.6 Å². The first-order valence-corrected chi connectivity index (χ1v) is 4.18. The number of aromatic nitrogens is 1. The summed E-state index contributed by atoms with van der Waals surface area (Å²) in [6, 6.07) is 1.77. The van der Waals surface area contributed by atoms with Gasteiger partial charge in [0.2, 0.25) is 0 Å². The Labute approximate surface area is 76.6 Å². The maximum absolute atomic E-state index is 10.5. The van der Waals surface area contributed by atoms with Crippen molar-refractivity contribution in [1.82, 2.24) is 4.98 Å². The Hall–Kier alpha value is -0.890. The molecule has 0 saturated heterocycles. The molecule has 0 atom stereocenters. The molecule has 64 valence electrons. The maximum atomic E-state index is 10.5. The number of carbonyl (C=O) groups excluding carboxylic acids is 1. The van der Waals surface area contributed by atoms with E-state index in [-0.39, 0.29) is 0 Å². The van der Waals surface area contributed by atoms with Gasteiger partial charge in [0.05, 0.1) is 5.56 Å². The molecule has 0 saturated carbocycles. The van der Waals surface area contributed by atoms with Crippen molar-refractivity contribution in [3.05, 3.63) is 28.0 Å². The van der Waals surface area contributed by atoms with Gasteiger partial charge in [-0.2, -0.15) is 0 Å². The molecule has 0 spiro atoms. The van der Waals surface area contributed by atoms with E-state index in [4.69, 9.17) is 11.6 Å². The lowest BCUT2D eigenvalue weighted by molar-refractivity contribution is 0.112. The minimum absolute atomic E-state index is 0.299. The van der Waals surface area contributed by atoms with E-state index >= 15 is 0 Å². The van der Waals surface area contributed by atoms with Crippen LogP contribution in [0, 0.1) is 6.92 Å². The highest BCUT2D eigenvalue weighted by molar-refractivity contribution is 6.31. The predicted octanol–water partition coefficient (Wildman–Crippen LogP) is 2.42. The molecule has 0 aliphatic rings. The van der Waals surface area contributed by atoms with Gasteiger partial charge >= 0.3 is 0 Å². The molecule has 0 N–H and O–H groups in total. The maximum Gasteiger partial charge on any atom is 0.153 e. The van der Waals surface area contributed by atoms with Crippen LogP contribution in [0.1, 0.15) is 28.5 Å². The van der Waals surface area contributed by atoms with E-state index in [0.717, 1.165) is 24.0 Å². The van der Waals surface area contributed by atoms with Crippen molar-refractivity contribution in [3.63, 3.8) is 0 Å². The van der Waals surface area contributed by atoms with Crippen molar-refractivity contribution in [1.29, 1.82) is 0 Å². The lowest BCUT2D eigenvalue weighted by atomic mass is 10.1. The van der Waals surface area contributed by atoms with E-state index in [0.29, 0.717) is 10.7 Å². The van der Waals surface area contributed by atoms with Crippen LogP contribution in [0.2, 0.25) is 5.15 Å². The Bertz CT molecular complexity index is 310. The number of halogens is 1. The van der Waals surface area contributed by atoms with Crippen molar-refractivity contribution < 1.29 is 4.79 Å². The normalized spacial score (nSPS) is 9.92. The van der Waals surface area contributed by atoms with Gasteiger partial charge in [-0.15, -0.1) is 0 Å². The van der Waals surface area contributed by atoms with E-state index in [2.05, 4.69) is 4.98 Å². The Kier molecular flexibility index (Phi) is 2.82. The molecule has 0 aliphatic heterocycles. The van der Waals surface area contributed by atoms with Crippen LogP contribution in [0.5, 0.6) is 0 Å². The monoisotopic (exact) mass is 183 g/mol. The molecule has 0 fully saturated rings. The number of nitrogens with zero attached hydrogens (tertiary/aromatic N) is 1. The molecule has 0 bridgehead atoms. The van der Waals surface area contributed by atoms with Gasteiger partial charge < -0.3 is 0 Å². The molecule has 1 aromatic heterocycles. The summed E-state index contributed by atoms with van der Waals surface area (Å²) in [5, 5.41) is 0.299. The topological polar surface area (TPSA) is 30.0 Å². The zero-order chi connectivity index (χ0) is 9.14. The molecular weight excluding hydrogens is 174 g/mol. The van der Waals surface area contributed by atoms with Crippen molar-refractivity contribution in [2.45, 2.75) is 20.3 Å². The highest BCUT2D eigenvalue weighted by Gasteiger charge is 2.04. The van der Waals surface area contributed by atoms with E-state index in [1.54, 1.807) is 6.07 Å². The smallest absolute Gasteiger partial charge is 0.153 e. The first-order valence-electron chi connectivity index (χ1n) is 3.80. The fourth-order valence-corrected chi connectivity index (χ4v) is 1.29. The number of carbonyl (C=O) groups is 1. The molecule has 12 heavy (non-hydrogen) atoms. The summed E-state index contributed by atoms with van der Waals surface area (Å²) >= 11 is 5.74. The number of hydrogen-bond donors (Lipinski definition) is 0. The second-order valence-corrected chi connectivity index (χ2v) is 2.96. The van der Waals surface area contributed by atoms with Crippen molar-refractivity contribution in [2.75, 3.05) is 0 Å². The Balaban J connectivity index is 3.25. The van der Waals surface area contributed by atoms with Crippen molar-refractivity contribution in [2.24, 2.45) is 0 Å². The fraction of sp³-hybridized carbons (Fsp3) is 0.333. The summed E-state index contributed by atoms with van der Waals surface area (Å²) in [5.74, 6) is 0. The minimum atomic E-state index is 0.299. The quantitative estimate of drug-likeness (QED) is 0.521. The average Bonchev–Trinajstić information content (AvgIpc) is 2.08. The number of pyridine rings is 1. The van der Waals surface area contributed by atoms with Crippen molar-refractivity contribution in [3.8, 4) is 0 Å². The average molecular weight is 184 g/mol. The fourth-order valence-electron chi connectivity index (χ4n) is 1.09. The summed E-state index contributed by atoms with van der Waals surface area (Å²) in [4.78, 5) is 14.6. The van der Waals surface area contributed by atoms with Gasteiger partial charge in [0.25, 0.3) is 0 Å². The van der Waals surface area contributed by atoms with E-state index in [1.807, 2.05) is 13.8 Å². The molecule has 0 radical (unpaired) electrons. The van der Waals surface area contributed by atoms with E-state index in [1.165, 1.54) is 0 Å². The highest BCUT2D eigenvalue weighted by Crippen LogP contribution is 2.15. The van der Waals surface area contributed by atoms with Gasteiger partial charge in [0.15, 0.2) is 6.29 Å². The zero-order valence-electron chi connectivity index (χ0n) is 7.10. The van der Waals surface area contributed by atoms with Crippen LogP contribution in [-0.4, -0.2) is 11.3 Å². The summed E-state index contributed by atoms with van der Waals surface area (Å²) in [7, 11) is 0. The molecule has 2 nitrogen and oxygen atoms in total. The number of aryl methyl sites for hydroxylation is 2. The Morgan fingerprint density at radius 1 is 1.67 bits per heavy atom. The van der Waals surface area contributed by atoms with Gasteiger partial charge in [-0.25, -0.2) is 4.98 Å². The van der Waals surface area contributed by atoms with Gasteiger partial charge in [-0.1, -0.05) is 18.5 Å². The van der Waals surface area contributed by atoms with Crippen LogP contribution in [0.3, 0.4) is 0 Å². The standard InChI is InChI=1S/C9H10ClNO/c1-3-8-6(2)4-7(5-12)9(10)11-8/h4-5H,3H2,1-2H3. The number of aldehydes is 1. The molecular formula is C9H10ClNO. The van der Waals surface area contributed by atoms with Crippen LogP contribution in [0.4, 0.5) is 0 Å². The van der Waals surface area contributed by atoms with Gasteiger partial charge in [-0.3, -0.25) is 4.79 Å². The Morgan fingerprint density at radius 3 is 2.83 bits per heavy atom. The zero-order valence-corrected chi connectivity index (χ0v) is 7.85. The predicted molar refractivity (Wildman–Crippen MR) is 48.7 cm³/mol. The number of hydrogen-bond acceptors (Lipinski definition) is 2. The summed E-state index contributed by atoms with van der Waals surface area (Å²) in [6.07, 6.45) is 1.56. The molecule has 0 aromatic carbocycles. The summed E-state index contributed by atoms with van der Waals surface area (Å²) in [5.41, 5.74) is 2.43. The third-order valence-corrected chi connectivity index (χ3v) is 2.06. The van der Waals surface area contributed by atoms with Gasteiger partial charge in [-0.05, 0) is 25.0 Å². The molecule has 0 aliphatic carbocycles. The number of rotatable bonds is 2. The molecule has 1 aromatic rings. The SMILES string of the molecule is CCc1nc(Cl)c(C=O)cc1C. The Morgan fingerprint density at radius 2 is 2.33 bits per heavy atom. The lowest BCUT2D eigenvalue weighted by Gasteiger charge is -2.03. The third kappa shape index (κ3) is 1.64. The van der Waals surface area contributed by atoms with Crippen LogP contribution in [0.25, 0.3) is 0 Å². The first-order chi connectivity index (χ1) is 5.69. The van der Waals surface area contributed by atoms with Crippen LogP contribution < -0.4 is 0 Å². The lowest BCUT2D eigenvalue weighted by Crippen LogP contribution is -1.96. The highest BCUT2D eigenvalue weighted by atomic mass is 35.5. The van der Waals surface area contributed by atoms with Crippen LogP contribution in [-0.2, 0) is 6.42 Å². The molecule has 1 rings (SSSR count). The third-order valence-electron chi connectivity index (χ3n) is 1.76. The summed E-state index contributed by atoms with van der Waals surface area (Å²) < 4.78 is 0. The van der Waals surface area contributed by atoms with Crippen molar-refractivity contribution >= 4 is 17.9 Å². The van der Waals surface area contributed by atoms with E-state index < -0.39 is 0 Å². The minimum Gasteiger partial charge on any atom is -0.298 e. The molecule has 3 heteroatoms. The van der Waals surface area contributed by atoms with E-state index in [9.17, 15) is 4.79 Å². The molecule has 0 unspecified atom stereocenters.